The molecule has 0 aliphatic rings. The van der Waals surface area contributed by atoms with Gasteiger partial charge >= 0.3 is 0 Å². The average molecular weight is 371 g/mol. The SMILES string of the molecule is CCc1nnc(NN=Cc2ccc(-c3cc([N+](=O)[O-])ccc3OC)o2)n1N. The van der Waals surface area contributed by atoms with Gasteiger partial charge in [0.2, 0.25) is 0 Å². The molecule has 0 bridgehead atoms. The van der Waals surface area contributed by atoms with Crippen LogP contribution in [0.2, 0.25) is 0 Å². The lowest BCUT2D eigenvalue weighted by molar-refractivity contribution is -0.384. The van der Waals surface area contributed by atoms with Crippen LogP contribution in [-0.2, 0) is 6.42 Å². The number of anilines is 1. The van der Waals surface area contributed by atoms with Crippen molar-refractivity contribution in [2.24, 2.45) is 5.10 Å². The van der Waals surface area contributed by atoms with Gasteiger partial charge in [-0.15, -0.1) is 10.2 Å². The van der Waals surface area contributed by atoms with Crippen molar-refractivity contribution in [3.8, 4) is 17.1 Å². The van der Waals surface area contributed by atoms with Crippen LogP contribution in [0.4, 0.5) is 11.6 Å². The second-order valence-electron chi connectivity index (χ2n) is 5.38. The zero-order valence-corrected chi connectivity index (χ0v) is 14.6. The number of hydrogen-bond donors (Lipinski definition) is 2. The van der Waals surface area contributed by atoms with Gasteiger partial charge in [-0.05, 0) is 18.2 Å². The summed E-state index contributed by atoms with van der Waals surface area (Å²) < 4.78 is 12.2. The smallest absolute Gasteiger partial charge is 0.270 e. The number of benzene rings is 1. The summed E-state index contributed by atoms with van der Waals surface area (Å²) >= 11 is 0. The molecule has 0 saturated heterocycles. The Hall–Kier alpha value is -3.89. The fourth-order valence-corrected chi connectivity index (χ4v) is 2.36. The Balaban J connectivity index is 1.79. The van der Waals surface area contributed by atoms with Crippen LogP contribution in [0.15, 0.2) is 39.9 Å². The number of hydrogen-bond acceptors (Lipinski definition) is 9. The molecule has 0 amide bonds. The van der Waals surface area contributed by atoms with Crippen LogP contribution in [-0.4, -0.2) is 33.1 Å². The Morgan fingerprint density at radius 2 is 2.22 bits per heavy atom. The molecule has 3 N–H and O–H groups in total. The van der Waals surface area contributed by atoms with E-state index in [2.05, 4.69) is 20.7 Å². The number of nitrogens with zero attached hydrogens (tertiary/aromatic N) is 5. The molecule has 2 aromatic heterocycles. The van der Waals surface area contributed by atoms with Crippen molar-refractivity contribution in [2.45, 2.75) is 13.3 Å². The third-order valence-corrected chi connectivity index (χ3v) is 3.73. The van der Waals surface area contributed by atoms with Gasteiger partial charge in [-0.3, -0.25) is 10.1 Å². The molecule has 2 heterocycles. The van der Waals surface area contributed by atoms with E-state index in [1.807, 2.05) is 6.92 Å². The first-order chi connectivity index (χ1) is 13.0. The van der Waals surface area contributed by atoms with Gasteiger partial charge in [0.05, 0.1) is 23.8 Å². The van der Waals surface area contributed by atoms with Gasteiger partial charge in [0.1, 0.15) is 17.3 Å². The Kier molecular flexibility index (Phi) is 5.01. The largest absolute Gasteiger partial charge is 0.496 e. The number of aryl methyl sites for hydroxylation is 1. The van der Waals surface area contributed by atoms with Gasteiger partial charge in [0.25, 0.3) is 11.6 Å². The number of aromatic nitrogens is 3. The lowest BCUT2D eigenvalue weighted by Crippen LogP contribution is -2.14. The highest BCUT2D eigenvalue weighted by Gasteiger charge is 2.15. The number of nitrogens with two attached hydrogens (primary N) is 1. The first-order valence-electron chi connectivity index (χ1n) is 7.94. The number of nitrogens with one attached hydrogen (secondary N) is 1. The number of ether oxygens (including phenoxy) is 1. The summed E-state index contributed by atoms with van der Waals surface area (Å²) in [5.74, 6) is 8.00. The molecule has 0 spiro atoms. The summed E-state index contributed by atoms with van der Waals surface area (Å²) in [5.41, 5.74) is 3.08. The van der Waals surface area contributed by atoms with Crippen LogP contribution in [0.5, 0.6) is 5.75 Å². The molecule has 27 heavy (non-hydrogen) atoms. The van der Waals surface area contributed by atoms with Crippen molar-refractivity contribution in [1.29, 1.82) is 0 Å². The quantitative estimate of drug-likeness (QED) is 0.278. The van der Waals surface area contributed by atoms with Crippen LogP contribution in [0, 0.1) is 10.1 Å². The fourth-order valence-electron chi connectivity index (χ4n) is 2.36. The molecule has 11 heteroatoms. The minimum atomic E-state index is -0.480. The van der Waals surface area contributed by atoms with Gasteiger partial charge in [-0.25, -0.2) is 10.1 Å². The van der Waals surface area contributed by atoms with E-state index in [1.54, 1.807) is 12.1 Å². The predicted molar refractivity (Wildman–Crippen MR) is 98.1 cm³/mol. The summed E-state index contributed by atoms with van der Waals surface area (Å²) in [6.45, 7) is 1.91. The summed E-state index contributed by atoms with van der Waals surface area (Å²) in [6.07, 6.45) is 2.06. The fraction of sp³-hybridized carbons (Fsp3) is 0.188. The van der Waals surface area contributed by atoms with E-state index in [-0.39, 0.29) is 11.6 Å². The average Bonchev–Trinajstić information content (AvgIpc) is 3.28. The number of nitro benzene ring substituents is 1. The van der Waals surface area contributed by atoms with E-state index in [1.165, 1.54) is 36.2 Å². The molecular formula is C16H17N7O4. The van der Waals surface area contributed by atoms with E-state index in [0.29, 0.717) is 35.1 Å². The number of nitrogen functional groups attached to an aromatic ring is 1. The molecule has 0 aliphatic heterocycles. The van der Waals surface area contributed by atoms with E-state index in [4.69, 9.17) is 15.0 Å². The van der Waals surface area contributed by atoms with Gasteiger partial charge in [0, 0.05) is 18.6 Å². The zero-order chi connectivity index (χ0) is 19.4. The summed E-state index contributed by atoms with van der Waals surface area (Å²) in [7, 11) is 1.48. The van der Waals surface area contributed by atoms with Crippen molar-refractivity contribution >= 4 is 17.9 Å². The Morgan fingerprint density at radius 1 is 1.41 bits per heavy atom. The van der Waals surface area contributed by atoms with E-state index in [0.717, 1.165) is 0 Å². The molecule has 3 rings (SSSR count). The second-order valence-corrected chi connectivity index (χ2v) is 5.38. The van der Waals surface area contributed by atoms with Crippen LogP contribution in [0.3, 0.4) is 0 Å². The Bertz CT molecular complexity index is 993. The maximum absolute atomic E-state index is 11.0. The number of non-ortho nitro benzene ring substituents is 1. The molecule has 140 valence electrons. The number of methoxy groups -OCH3 is 1. The number of rotatable bonds is 7. The maximum Gasteiger partial charge on any atom is 0.270 e. The minimum absolute atomic E-state index is 0.0619. The summed E-state index contributed by atoms with van der Waals surface area (Å²) in [5, 5.41) is 22.8. The first-order valence-corrected chi connectivity index (χ1v) is 7.94. The minimum Gasteiger partial charge on any atom is -0.496 e. The Morgan fingerprint density at radius 3 is 2.89 bits per heavy atom. The molecule has 0 atom stereocenters. The van der Waals surface area contributed by atoms with Gasteiger partial charge in [-0.1, -0.05) is 6.92 Å². The van der Waals surface area contributed by atoms with Gasteiger partial charge < -0.3 is 15.0 Å². The summed E-state index contributed by atoms with van der Waals surface area (Å²) in [4.78, 5) is 10.5. The number of hydrazone groups is 1. The highest BCUT2D eigenvalue weighted by Crippen LogP contribution is 2.34. The maximum atomic E-state index is 11.0. The normalized spacial score (nSPS) is 11.0. The topological polar surface area (TPSA) is 147 Å². The van der Waals surface area contributed by atoms with E-state index in [9.17, 15) is 10.1 Å². The molecule has 0 aliphatic carbocycles. The Labute approximate surface area is 153 Å². The van der Waals surface area contributed by atoms with Crippen LogP contribution >= 0.6 is 0 Å². The molecule has 11 nitrogen and oxygen atoms in total. The van der Waals surface area contributed by atoms with E-state index >= 15 is 0 Å². The molecule has 0 saturated carbocycles. The van der Waals surface area contributed by atoms with Crippen molar-refractivity contribution in [3.05, 3.63) is 52.0 Å². The van der Waals surface area contributed by atoms with Crippen molar-refractivity contribution in [3.63, 3.8) is 0 Å². The number of furan rings is 1. The third kappa shape index (κ3) is 3.71. The van der Waals surface area contributed by atoms with Crippen molar-refractivity contribution < 1.29 is 14.1 Å². The van der Waals surface area contributed by atoms with Crippen molar-refractivity contribution in [2.75, 3.05) is 18.4 Å². The molecular weight excluding hydrogens is 354 g/mol. The molecule has 0 radical (unpaired) electrons. The zero-order valence-electron chi connectivity index (χ0n) is 14.6. The van der Waals surface area contributed by atoms with Crippen LogP contribution in [0.1, 0.15) is 18.5 Å². The lowest BCUT2D eigenvalue weighted by Gasteiger charge is -2.05. The van der Waals surface area contributed by atoms with Gasteiger partial charge in [0.15, 0.2) is 5.82 Å². The summed E-state index contributed by atoms with van der Waals surface area (Å²) in [6, 6.07) is 7.61. The van der Waals surface area contributed by atoms with Crippen LogP contribution < -0.4 is 16.0 Å². The lowest BCUT2D eigenvalue weighted by atomic mass is 10.1. The first kappa shape index (κ1) is 17.9. The van der Waals surface area contributed by atoms with E-state index < -0.39 is 4.92 Å². The second kappa shape index (κ2) is 7.56. The molecule has 3 aromatic rings. The standard InChI is InChI=1S/C16H17N7O4/c1-3-15-19-21-16(22(15)17)20-18-9-11-5-7-14(27-11)12-8-10(23(24)25)4-6-13(12)26-2/h4-9H,3,17H2,1-2H3,(H,20,21). The van der Waals surface area contributed by atoms with Crippen molar-refractivity contribution in [1.82, 2.24) is 14.9 Å². The molecule has 0 fully saturated rings. The van der Waals surface area contributed by atoms with Crippen LogP contribution in [0.25, 0.3) is 11.3 Å². The number of nitro groups is 1. The molecule has 1 aromatic carbocycles. The monoisotopic (exact) mass is 371 g/mol. The highest BCUT2D eigenvalue weighted by molar-refractivity contribution is 5.79. The predicted octanol–water partition coefficient (Wildman–Crippen LogP) is 2.18. The molecule has 0 unspecified atom stereocenters. The highest BCUT2D eigenvalue weighted by atomic mass is 16.6. The van der Waals surface area contributed by atoms with Gasteiger partial charge in [-0.2, -0.15) is 5.10 Å². The third-order valence-electron chi connectivity index (χ3n) is 3.73.